The minimum absolute atomic E-state index is 0.0355. The van der Waals surface area contributed by atoms with Crippen LogP contribution in [0.3, 0.4) is 0 Å². The first kappa shape index (κ1) is 20.4. The molecule has 1 aliphatic rings. The number of halogens is 1. The van der Waals surface area contributed by atoms with E-state index in [4.69, 9.17) is 11.6 Å². The van der Waals surface area contributed by atoms with Crippen LogP contribution in [0.1, 0.15) is 28.4 Å². The van der Waals surface area contributed by atoms with Crippen LogP contribution in [0.25, 0.3) is 0 Å². The first-order valence-electron chi connectivity index (χ1n) is 9.57. The van der Waals surface area contributed by atoms with Crippen molar-refractivity contribution in [2.75, 3.05) is 9.62 Å². The Morgan fingerprint density at radius 2 is 1.77 bits per heavy atom. The van der Waals surface area contributed by atoms with Gasteiger partial charge in [0.15, 0.2) is 0 Å². The van der Waals surface area contributed by atoms with Gasteiger partial charge in [-0.3, -0.25) is 9.52 Å². The summed E-state index contributed by atoms with van der Waals surface area (Å²) in [5.41, 5.74) is 3.63. The molecule has 7 heteroatoms. The molecule has 0 saturated carbocycles. The molecule has 0 bridgehead atoms. The Morgan fingerprint density at radius 1 is 1.07 bits per heavy atom. The molecule has 0 fully saturated rings. The number of carbonyl (C=O) groups is 1. The number of hydrogen-bond donors (Lipinski definition) is 1. The molecule has 1 atom stereocenters. The van der Waals surface area contributed by atoms with Crippen molar-refractivity contribution in [3.8, 4) is 0 Å². The quantitative estimate of drug-likeness (QED) is 0.618. The molecule has 1 N–H and O–H groups in total. The monoisotopic (exact) mass is 440 g/mol. The second-order valence-corrected chi connectivity index (χ2v) is 9.56. The van der Waals surface area contributed by atoms with Gasteiger partial charge in [-0.15, -0.1) is 0 Å². The SMILES string of the molecule is Cc1ccc(S(=O)(=O)Nc2ccc(C(=O)N3c4ccccc4C[C@H]3C)cc2Cl)cc1. The Labute approximate surface area is 181 Å². The molecule has 0 unspecified atom stereocenters. The van der Waals surface area contributed by atoms with Gasteiger partial charge in [-0.2, -0.15) is 0 Å². The third-order valence-corrected chi connectivity index (χ3v) is 6.91. The lowest BCUT2D eigenvalue weighted by Gasteiger charge is -2.23. The van der Waals surface area contributed by atoms with E-state index in [1.165, 1.54) is 24.3 Å². The van der Waals surface area contributed by atoms with Crippen LogP contribution in [0.4, 0.5) is 11.4 Å². The van der Waals surface area contributed by atoms with Crippen molar-refractivity contribution in [2.45, 2.75) is 31.2 Å². The van der Waals surface area contributed by atoms with E-state index in [-0.39, 0.29) is 27.6 Å². The van der Waals surface area contributed by atoms with Gasteiger partial charge in [0.25, 0.3) is 15.9 Å². The van der Waals surface area contributed by atoms with Gasteiger partial charge in [0, 0.05) is 17.3 Å². The molecule has 5 nitrogen and oxygen atoms in total. The first-order chi connectivity index (χ1) is 14.3. The third-order valence-electron chi connectivity index (χ3n) is 5.22. The molecule has 0 aliphatic carbocycles. The molecule has 3 aromatic carbocycles. The number of fused-ring (bicyclic) bond motifs is 1. The van der Waals surface area contributed by atoms with Gasteiger partial charge in [-0.05, 0) is 62.2 Å². The summed E-state index contributed by atoms with van der Waals surface area (Å²) >= 11 is 6.34. The van der Waals surface area contributed by atoms with Gasteiger partial charge in [0.1, 0.15) is 0 Å². The van der Waals surface area contributed by atoms with E-state index in [1.54, 1.807) is 23.1 Å². The largest absolute Gasteiger partial charge is 0.305 e. The summed E-state index contributed by atoms with van der Waals surface area (Å²) in [6.45, 7) is 3.89. The Balaban J connectivity index is 1.59. The van der Waals surface area contributed by atoms with E-state index >= 15 is 0 Å². The van der Waals surface area contributed by atoms with Crippen LogP contribution in [-0.2, 0) is 16.4 Å². The van der Waals surface area contributed by atoms with Crippen molar-refractivity contribution < 1.29 is 13.2 Å². The second kappa shape index (κ2) is 7.78. The molecule has 1 aliphatic heterocycles. The van der Waals surface area contributed by atoms with Crippen LogP contribution >= 0.6 is 11.6 Å². The average Bonchev–Trinajstić information content (AvgIpc) is 3.05. The number of nitrogens with one attached hydrogen (secondary N) is 1. The molecule has 1 amide bonds. The maximum absolute atomic E-state index is 13.2. The molecule has 0 spiro atoms. The smallest absolute Gasteiger partial charge is 0.261 e. The fraction of sp³-hybridized carbons (Fsp3) is 0.174. The number of anilines is 2. The van der Waals surface area contributed by atoms with Crippen LogP contribution < -0.4 is 9.62 Å². The van der Waals surface area contributed by atoms with E-state index in [2.05, 4.69) is 4.72 Å². The zero-order valence-electron chi connectivity index (χ0n) is 16.6. The van der Waals surface area contributed by atoms with Crippen molar-refractivity contribution >= 4 is 38.9 Å². The van der Waals surface area contributed by atoms with Gasteiger partial charge in [0.05, 0.1) is 15.6 Å². The number of nitrogens with zero attached hydrogens (tertiary/aromatic N) is 1. The molecule has 4 rings (SSSR count). The number of hydrogen-bond acceptors (Lipinski definition) is 3. The summed E-state index contributed by atoms with van der Waals surface area (Å²) in [4.78, 5) is 15.1. The molecule has 0 aromatic heterocycles. The minimum atomic E-state index is -3.78. The molecule has 30 heavy (non-hydrogen) atoms. The number of aryl methyl sites for hydroxylation is 1. The Hall–Kier alpha value is -2.83. The number of rotatable bonds is 4. The van der Waals surface area contributed by atoms with Gasteiger partial charge < -0.3 is 4.90 Å². The number of para-hydroxylation sites is 1. The van der Waals surface area contributed by atoms with E-state index in [0.717, 1.165) is 23.2 Å². The maximum atomic E-state index is 13.2. The molecule has 154 valence electrons. The van der Waals surface area contributed by atoms with Crippen LogP contribution in [0.5, 0.6) is 0 Å². The van der Waals surface area contributed by atoms with Crippen LogP contribution in [0.2, 0.25) is 5.02 Å². The summed E-state index contributed by atoms with van der Waals surface area (Å²) in [6, 6.07) is 19.0. The normalized spacial score (nSPS) is 15.7. The van der Waals surface area contributed by atoms with E-state index in [1.807, 2.05) is 38.1 Å². The Bertz CT molecular complexity index is 1220. The molecular weight excluding hydrogens is 420 g/mol. The predicted molar refractivity (Wildman–Crippen MR) is 120 cm³/mol. The lowest BCUT2D eigenvalue weighted by molar-refractivity contribution is 0.0981. The molecule has 0 saturated heterocycles. The van der Waals surface area contributed by atoms with Crippen LogP contribution in [-0.4, -0.2) is 20.4 Å². The summed E-state index contributed by atoms with van der Waals surface area (Å²) in [5, 5.41) is 0.164. The highest BCUT2D eigenvalue weighted by atomic mass is 35.5. The first-order valence-corrected chi connectivity index (χ1v) is 11.4. The van der Waals surface area contributed by atoms with E-state index < -0.39 is 10.0 Å². The zero-order chi connectivity index (χ0) is 21.5. The van der Waals surface area contributed by atoms with Gasteiger partial charge in [-0.25, -0.2) is 8.42 Å². The highest BCUT2D eigenvalue weighted by Crippen LogP contribution is 2.34. The van der Waals surface area contributed by atoms with E-state index in [9.17, 15) is 13.2 Å². The molecular formula is C23H21ClN2O3S. The van der Waals surface area contributed by atoms with Gasteiger partial charge >= 0.3 is 0 Å². The summed E-state index contributed by atoms with van der Waals surface area (Å²) in [7, 11) is -3.78. The highest BCUT2D eigenvalue weighted by molar-refractivity contribution is 7.92. The van der Waals surface area contributed by atoms with Crippen molar-refractivity contribution in [2.24, 2.45) is 0 Å². The lowest BCUT2D eigenvalue weighted by atomic mass is 10.1. The van der Waals surface area contributed by atoms with E-state index in [0.29, 0.717) is 5.56 Å². The molecule has 3 aromatic rings. The van der Waals surface area contributed by atoms with Crippen LogP contribution in [0, 0.1) is 6.92 Å². The number of carbonyl (C=O) groups excluding carboxylic acids is 1. The summed E-state index contributed by atoms with van der Waals surface area (Å²) in [5.74, 6) is -0.165. The summed E-state index contributed by atoms with van der Waals surface area (Å²) < 4.78 is 27.8. The lowest BCUT2D eigenvalue weighted by Crippen LogP contribution is -2.35. The Kier molecular flexibility index (Phi) is 5.30. The maximum Gasteiger partial charge on any atom is 0.261 e. The van der Waals surface area contributed by atoms with Crippen molar-refractivity contribution in [1.82, 2.24) is 0 Å². The second-order valence-electron chi connectivity index (χ2n) is 7.47. The fourth-order valence-corrected chi connectivity index (χ4v) is 5.03. The van der Waals surface area contributed by atoms with Crippen molar-refractivity contribution in [3.63, 3.8) is 0 Å². The summed E-state index contributed by atoms with van der Waals surface area (Å²) in [6.07, 6.45) is 0.796. The van der Waals surface area contributed by atoms with Gasteiger partial charge in [-0.1, -0.05) is 47.5 Å². The minimum Gasteiger partial charge on any atom is -0.305 e. The molecule has 0 radical (unpaired) electrons. The standard InChI is InChI=1S/C23H21ClN2O3S/c1-15-7-10-19(11-8-15)30(28,29)25-21-12-9-18(14-20(21)24)23(27)26-16(2)13-17-5-3-4-6-22(17)26/h3-12,14,16,25H,13H2,1-2H3/t16-/m1/s1. The fourth-order valence-electron chi connectivity index (χ4n) is 3.67. The van der Waals surface area contributed by atoms with Crippen LogP contribution in [0.15, 0.2) is 71.6 Å². The number of amides is 1. The predicted octanol–water partition coefficient (Wildman–Crippen LogP) is 5.04. The zero-order valence-corrected chi connectivity index (χ0v) is 18.2. The van der Waals surface area contributed by atoms with Gasteiger partial charge in [0.2, 0.25) is 0 Å². The number of sulfonamides is 1. The highest BCUT2D eigenvalue weighted by Gasteiger charge is 2.31. The van der Waals surface area contributed by atoms with Crippen molar-refractivity contribution in [1.29, 1.82) is 0 Å². The molecule has 1 heterocycles. The third kappa shape index (κ3) is 3.80. The Morgan fingerprint density at radius 3 is 2.47 bits per heavy atom. The van der Waals surface area contributed by atoms with Crippen molar-refractivity contribution in [3.05, 3.63) is 88.4 Å². The average molecular weight is 441 g/mol. The number of benzene rings is 3. The topological polar surface area (TPSA) is 66.5 Å².